The van der Waals surface area contributed by atoms with Gasteiger partial charge in [0.25, 0.3) is 15.6 Å². The topological polar surface area (TPSA) is 167 Å². The first-order valence-corrected chi connectivity index (χ1v) is 15.4. The van der Waals surface area contributed by atoms with E-state index in [0.717, 1.165) is 20.6 Å². The lowest BCUT2D eigenvalue weighted by atomic mass is 10.0. The third kappa shape index (κ3) is 7.40. The number of ether oxygens (including phenoxy) is 1. The van der Waals surface area contributed by atoms with Crippen molar-refractivity contribution < 1.29 is 22.7 Å². The zero-order valence-electron chi connectivity index (χ0n) is 24.6. The number of hydrogen-bond donors (Lipinski definition) is 2. The molecule has 43 heavy (non-hydrogen) atoms. The number of nitrogens with one attached hydrogen (secondary N) is 2. The molecule has 1 aromatic carbocycles. The van der Waals surface area contributed by atoms with Crippen molar-refractivity contribution in [2.45, 2.75) is 44.2 Å². The lowest BCUT2D eigenvalue weighted by Gasteiger charge is -2.25. The number of imidazole rings is 1. The molecule has 1 atom stereocenters. The maximum Gasteiger partial charge on any atom is 0.330 e. The van der Waals surface area contributed by atoms with E-state index in [4.69, 9.17) is 4.74 Å². The number of amides is 2. The van der Waals surface area contributed by atoms with E-state index in [2.05, 4.69) is 15.6 Å². The van der Waals surface area contributed by atoms with Crippen LogP contribution in [0.2, 0.25) is 0 Å². The van der Waals surface area contributed by atoms with Crippen LogP contribution < -0.4 is 26.6 Å². The van der Waals surface area contributed by atoms with Crippen molar-refractivity contribution in [3.05, 3.63) is 63.7 Å². The van der Waals surface area contributed by atoms with E-state index < -0.39 is 50.6 Å². The molecule has 15 heteroatoms. The van der Waals surface area contributed by atoms with Crippen LogP contribution in [-0.2, 0) is 40.3 Å². The van der Waals surface area contributed by atoms with Crippen LogP contribution >= 0.6 is 0 Å². The normalized spacial score (nSPS) is 17.7. The Labute approximate surface area is 249 Å². The van der Waals surface area contributed by atoms with E-state index in [0.29, 0.717) is 29.1 Å². The van der Waals surface area contributed by atoms with E-state index in [1.165, 1.54) is 14.1 Å². The van der Waals surface area contributed by atoms with Gasteiger partial charge in [-0.15, -0.1) is 0 Å². The summed E-state index contributed by atoms with van der Waals surface area (Å²) < 4.78 is 37.8. The molecule has 1 aliphatic rings. The number of rotatable bonds is 4. The summed E-state index contributed by atoms with van der Waals surface area (Å²) in [5.41, 5.74) is -0.900. The van der Waals surface area contributed by atoms with Gasteiger partial charge in [-0.1, -0.05) is 26.0 Å². The predicted molar refractivity (Wildman–Crippen MR) is 158 cm³/mol. The van der Waals surface area contributed by atoms with E-state index in [9.17, 15) is 27.6 Å². The fourth-order valence-electron chi connectivity index (χ4n) is 4.81. The molecule has 232 valence electrons. The van der Waals surface area contributed by atoms with Gasteiger partial charge in [-0.2, -0.15) is 4.31 Å². The Balaban J connectivity index is 1.69. The number of sulfonamides is 1. The molecule has 14 nitrogen and oxygen atoms in total. The zero-order chi connectivity index (χ0) is 31.3. The Morgan fingerprint density at radius 1 is 1.12 bits per heavy atom. The molecule has 3 heterocycles. The molecule has 0 saturated heterocycles. The number of aromatic nitrogens is 4. The van der Waals surface area contributed by atoms with E-state index >= 15 is 0 Å². The third-order valence-electron chi connectivity index (χ3n) is 6.99. The Morgan fingerprint density at radius 3 is 2.63 bits per heavy atom. The number of nitrogens with zero attached hydrogens (tertiary/aromatic N) is 5. The van der Waals surface area contributed by atoms with Crippen LogP contribution in [-0.4, -0.2) is 75.5 Å². The summed E-state index contributed by atoms with van der Waals surface area (Å²) in [4.78, 5) is 55.2. The van der Waals surface area contributed by atoms with E-state index in [1.54, 1.807) is 12.3 Å². The maximum atomic E-state index is 13.7. The predicted octanol–water partition coefficient (Wildman–Crippen LogP) is 0.0680. The summed E-state index contributed by atoms with van der Waals surface area (Å²) in [5, 5.41) is 5.53. The maximum absolute atomic E-state index is 13.7. The standard InChI is InChI=1S/C28H37N7O7S/c1-19(2)15-22-26(37)30-10-13-34-12-9-29-25(34)20-7-5-8-21(16-20)42-14-6-11-35(18-24(36)31-22)43(40,41)23-17-32(3)28(39)33(4)27(23)38/h5,7-9,12,16-17,19,22H,6,10-11,13-15,18H2,1-4H3,(H,30,37)(H,31,36)/t22-/m1/s1. The number of fused-ring (bicyclic) bond motifs is 4. The number of carbonyl (C=O) groups is 2. The highest BCUT2D eigenvalue weighted by Crippen LogP contribution is 2.23. The van der Waals surface area contributed by atoms with Crippen LogP contribution in [0.3, 0.4) is 0 Å². The molecule has 2 aromatic heterocycles. The molecule has 2 amide bonds. The second-order valence-corrected chi connectivity index (χ2v) is 12.7. The first-order valence-electron chi connectivity index (χ1n) is 14.0. The van der Waals surface area contributed by atoms with Gasteiger partial charge in [-0.3, -0.25) is 19.0 Å². The van der Waals surface area contributed by atoms with Gasteiger partial charge in [0.15, 0.2) is 4.90 Å². The van der Waals surface area contributed by atoms with Crippen LogP contribution in [0.25, 0.3) is 11.4 Å². The molecule has 0 fully saturated rings. The van der Waals surface area contributed by atoms with Crippen molar-refractivity contribution in [2.24, 2.45) is 20.0 Å². The minimum Gasteiger partial charge on any atom is -0.494 e. The van der Waals surface area contributed by atoms with Crippen LogP contribution in [0.4, 0.5) is 0 Å². The number of aryl methyl sites for hydroxylation is 1. The van der Waals surface area contributed by atoms with Gasteiger partial charge in [0.2, 0.25) is 11.8 Å². The number of hydrogen-bond acceptors (Lipinski definition) is 8. The largest absolute Gasteiger partial charge is 0.494 e. The first kappa shape index (κ1) is 31.7. The molecular formula is C28H37N7O7S. The minimum absolute atomic E-state index is 0.0482. The fourth-order valence-corrected chi connectivity index (χ4v) is 6.39. The zero-order valence-corrected chi connectivity index (χ0v) is 25.5. The minimum atomic E-state index is -4.54. The summed E-state index contributed by atoms with van der Waals surface area (Å²) in [6.07, 6.45) is 4.93. The monoisotopic (exact) mass is 615 g/mol. The van der Waals surface area contributed by atoms with E-state index in [-0.39, 0.29) is 32.0 Å². The van der Waals surface area contributed by atoms with Crippen LogP contribution in [0, 0.1) is 5.92 Å². The summed E-state index contributed by atoms with van der Waals surface area (Å²) in [6.45, 7) is 3.78. The Morgan fingerprint density at radius 2 is 1.88 bits per heavy atom. The molecule has 0 spiro atoms. The van der Waals surface area contributed by atoms with E-state index in [1.807, 2.05) is 42.8 Å². The average Bonchev–Trinajstić information content (AvgIpc) is 3.43. The average molecular weight is 616 g/mol. The highest BCUT2D eigenvalue weighted by Gasteiger charge is 2.32. The molecule has 0 radical (unpaired) electrons. The van der Waals surface area contributed by atoms with Gasteiger partial charge >= 0.3 is 5.69 Å². The summed E-state index contributed by atoms with van der Waals surface area (Å²) >= 11 is 0. The van der Waals surface area contributed by atoms with Crippen molar-refractivity contribution >= 4 is 21.8 Å². The number of carbonyl (C=O) groups excluding carboxylic acids is 2. The fraction of sp³-hybridized carbons (Fsp3) is 0.464. The Kier molecular flexibility index (Phi) is 9.86. The van der Waals surface area contributed by atoms with Gasteiger partial charge in [0.05, 0.1) is 13.2 Å². The lowest BCUT2D eigenvalue weighted by Crippen LogP contribution is -2.51. The van der Waals surface area contributed by atoms with Gasteiger partial charge in [0, 0.05) is 57.9 Å². The molecule has 3 aromatic rings. The molecule has 0 saturated carbocycles. The Hall–Kier alpha value is -4.24. The van der Waals surface area contributed by atoms with Gasteiger partial charge < -0.3 is 24.5 Å². The van der Waals surface area contributed by atoms with Crippen molar-refractivity contribution in [2.75, 3.05) is 26.2 Å². The van der Waals surface area contributed by atoms with Crippen molar-refractivity contribution in [1.29, 1.82) is 0 Å². The van der Waals surface area contributed by atoms with Gasteiger partial charge in [-0.05, 0) is 30.9 Å². The lowest BCUT2D eigenvalue weighted by molar-refractivity contribution is -0.129. The van der Waals surface area contributed by atoms with Crippen LogP contribution in [0.1, 0.15) is 26.7 Å². The molecule has 2 N–H and O–H groups in total. The molecule has 1 aliphatic heterocycles. The van der Waals surface area contributed by atoms with Gasteiger partial charge in [0.1, 0.15) is 17.6 Å². The molecule has 4 rings (SSSR count). The quantitative estimate of drug-likeness (QED) is 0.416. The molecule has 0 unspecified atom stereocenters. The Bertz CT molecular complexity index is 1710. The summed E-state index contributed by atoms with van der Waals surface area (Å²) in [7, 11) is -2.03. The molecule has 2 bridgehead atoms. The van der Waals surface area contributed by atoms with Crippen LogP contribution in [0.5, 0.6) is 5.75 Å². The third-order valence-corrected chi connectivity index (χ3v) is 8.82. The highest BCUT2D eigenvalue weighted by atomic mass is 32.2. The second-order valence-electron chi connectivity index (χ2n) is 10.8. The molecular weight excluding hydrogens is 578 g/mol. The molecule has 0 aliphatic carbocycles. The summed E-state index contributed by atoms with van der Waals surface area (Å²) in [6, 6.07) is 6.37. The second kappa shape index (κ2) is 13.4. The summed E-state index contributed by atoms with van der Waals surface area (Å²) in [5.74, 6) is 0.160. The van der Waals surface area contributed by atoms with Crippen molar-refractivity contribution in [3.63, 3.8) is 0 Å². The first-order chi connectivity index (χ1) is 20.4. The smallest absolute Gasteiger partial charge is 0.330 e. The SMILES string of the molecule is CC(C)C[C@H]1NC(=O)CN(S(=O)(=O)c2cn(C)c(=O)n(C)c2=O)CCCOc2cccc(c2)-c2nccn2CCNC1=O. The van der Waals surface area contributed by atoms with Crippen molar-refractivity contribution in [1.82, 2.24) is 33.6 Å². The van der Waals surface area contributed by atoms with Crippen molar-refractivity contribution in [3.8, 4) is 17.1 Å². The van der Waals surface area contributed by atoms with Crippen LogP contribution in [0.15, 0.2) is 57.3 Å². The van der Waals surface area contributed by atoms with Gasteiger partial charge in [-0.25, -0.2) is 18.2 Å². The highest BCUT2D eigenvalue weighted by molar-refractivity contribution is 7.89. The number of benzene rings is 1.